The molecule has 2 aromatic rings. The largest absolute Gasteiger partial charge is 0.380 e. The molecule has 2 aliphatic heterocycles. The van der Waals surface area contributed by atoms with Crippen LogP contribution in [0.3, 0.4) is 0 Å². The fourth-order valence-electron chi connectivity index (χ4n) is 5.80. The number of aryl methyl sites for hydroxylation is 1. The average molecular weight is 475 g/mol. The number of piperidine rings is 1. The lowest BCUT2D eigenvalue weighted by Crippen LogP contribution is -2.45. The molecule has 0 spiro atoms. The van der Waals surface area contributed by atoms with Crippen molar-refractivity contribution in [1.82, 2.24) is 19.5 Å². The van der Waals surface area contributed by atoms with Gasteiger partial charge in [-0.05, 0) is 51.9 Å². The number of methoxy groups -OCH3 is 1. The van der Waals surface area contributed by atoms with Gasteiger partial charge in [-0.15, -0.1) is 11.6 Å². The summed E-state index contributed by atoms with van der Waals surface area (Å²) >= 11 is 6.53. The molecule has 3 unspecified atom stereocenters. The smallest absolute Gasteiger partial charge is 0.226 e. The van der Waals surface area contributed by atoms with Gasteiger partial charge in [0.2, 0.25) is 5.91 Å². The number of nitrogens with two attached hydrogens (primary N) is 1. The van der Waals surface area contributed by atoms with Crippen LogP contribution in [0, 0.1) is 12.8 Å². The highest BCUT2D eigenvalue weighted by atomic mass is 35.5. The summed E-state index contributed by atoms with van der Waals surface area (Å²) in [5.74, 6) is 1.16. The van der Waals surface area contributed by atoms with Gasteiger partial charge in [-0.2, -0.15) is 5.10 Å². The molecule has 0 bridgehead atoms. The molecule has 0 radical (unpaired) electrons. The first-order chi connectivity index (χ1) is 15.9. The first-order valence-electron chi connectivity index (χ1n) is 12.3. The van der Waals surface area contributed by atoms with Crippen LogP contribution in [0.15, 0.2) is 12.3 Å². The molecule has 2 aromatic heterocycles. The number of fused-ring (bicyclic) bond motifs is 1. The van der Waals surface area contributed by atoms with Gasteiger partial charge < -0.3 is 20.3 Å². The van der Waals surface area contributed by atoms with Crippen LogP contribution in [-0.2, 0) is 9.53 Å². The molecule has 2 N–H and O–H groups in total. The molecule has 33 heavy (non-hydrogen) atoms. The Morgan fingerprint density at radius 2 is 2.06 bits per heavy atom. The predicted octanol–water partition coefficient (Wildman–Crippen LogP) is 3.05. The van der Waals surface area contributed by atoms with Gasteiger partial charge in [0, 0.05) is 56.5 Å². The number of nitrogens with zero attached hydrogens (tertiary/aromatic N) is 5. The Labute approximate surface area is 200 Å². The minimum atomic E-state index is -0.111. The number of carbonyl (C=O) groups excluding carboxylic acids is 1. The van der Waals surface area contributed by atoms with Crippen molar-refractivity contribution in [3.05, 3.63) is 23.5 Å². The van der Waals surface area contributed by atoms with E-state index in [2.05, 4.69) is 22.8 Å². The van der Waals surface area contributed by atoms with Crippen LogP contribution in [0.4, 0.5) is 5.82 Å². The molecule has 5 atom stereocenters. The van der Waals surface area contributed by atoms with Crippen molar-refractivity contribution in [1.29, 1.82) is 0 Å². The highest BCUT2D eigenvalue weighted by Gasteiger charge is 2.38. The number of halogens is 1. The van der Waals surface area contributed by atoms with Gasteiger partial charge in [0.05, 0.1) is 23.2 Å². The van der Waals surface area contributed by atoms with Crippen LogP contribution < -0.4 is 10.6 Å². The van der Waals surface area contributed by atoms with E-state index in [4.69, 9.17) is 32.2 Å². The lowest BCUT2D eigenvalue weighted by atomic mass is 9.85. The first-order valence-corrected chi connectivity index (χ1v) is 12.7. The number of ether oxygens (including phenoxy) is 1. The van der Waals surface area contributed by atoms with E-state index in [-0.39, 0.29) is 35.4 Å². The molecule has 180 valence electrons. The van der Waals surface area contributed by atoms with Crippen LogP contribution in [0.1, 0.15) is 62.2 Å². The summed E-state index contributed by atoms with van der Waals surface area (Å²) in [6.07, 6.45) is 8.48. The van der Waals surface area contributed by atoms with Gasteiger partial charge in [-0.3, -0.25) is 4.79 Å². The van der Waals surface area contributed by atoms with Crippen molar-refractivity contribution in [3.8, 4) is 0 Å². The molecule has 3 aliphatic rings. The molecule has 8 nitrogen and oxygen atoms in total. The quantitative estimate of drug-likeness (QED) is 0.685. The highest BCUT2D eigenvalue weighted by Crippen LogP contribution is 2.37. The molecular weight excluding hydrogens is 440 g/mol. The number of hydrogen-bond donors (Lipinski definition) is 1. The van der Waals surface area contributed by atoms with E-state index in [1.807, 2.05) is 10.7 Å². The Balaban J connectivity index is 1.38. The molecule has 0 aromatic carbocycles. The molecular formula is C24H35ClN6O2. The van der Waals surface area contributed by atoms with Crippen LogP contribution in [0.5, 0.6) is 0 Å². The van der Waals surface area contributed by atoms with E-state index in [1.54, 1.807) is 7.11 Å². The molecule has 5 rings (SSSR count). The fraction of sp³-hybridized carbons (Fsp3) is 0.708. The molecule has 3 fully saturated rings. The Bertz CT molecular complexity index is 1010. The summed E-state index contributed by atoms with van der Waals surface area (Å²) in [6, 6.07) is 2.25. The number of rotatable bonds is 4. The van der Waals surface area contributed by atoms with Crippen molar-refractivity contribution >= 4 is 29.0 Å². The molecule has 2 saturated heterocycles. The van der Waals surface area contributed by atoms with Crippen LogP contribution >= 0.6 is 11.6 Å². The number of aromatic nitrogens is 3. The summed E-state index contributed by atoms with van der Waals surface area (Å²) in [5, 5.41) is 4.76. The van der Waals surface area contributed by atoms with E-state index in [0.717, 1.165) is 80.9 Å². The van der Waals surface area contributed by atoms with Crippen molar-refractivity contribution < 1.29 is 9.53 Å². The number of carbonyl (C=O) groups is 1. The Morgan fingerprint density at radius 1 is 1.21 bits per heavy atom. The monoisotopic (exact) mass is 474 g/mol. The van der Waals surface area contributed by atoms with Crippen molar-refractivity contribution in [3.63, 3.8) is 0 Å². The number of hydrogen-bond acceptors (Lipinski definition) is 6. The molecule has 4 heterocycles. The molecule has 1 saturated carbocycles. The van der Waals surface area contributed by atoms with E-state index in [9.17, 15) is 4.79 Å². The van der Waals surface area contributed by atoms with Crippen molar-refractivity contribution in [2.75, 3.05) is 31.6 Å². The summed E-state index contributed by atoms with van der Waals surface area (Å²) in [5.41, 5.74) is 8.96. The minimum absolute atomic E-state index is 0.00848. The molecule has 1 amide bonds. The third kappa shape index (κ3) is 4.45. The Morgan fingerprint density at radius 3 is 2.79 bits per heavy atom. The second-order valence-corrected chi connectivity index (χ2v) is 10.5. The normalized spacial score (nSPS) is 30.8. The maximum atomic E-state index is 13.6. The number of amides is 1. The summed E-state index contributed by atoms with van der Waals surface area (Å²) < 4.78 is 7.34. The maximum absolute atomic E-state index is 13.6. The van der Waals surface area contributed by atoms with Gasteiger partial charge >= 0.3 is 0 Å². The SMILES string of the molecule is COC1CCC(C(=O)N2CCCC[C@H]2c2cc3nc(N4CC[C@H](N)C4)c(C)cn3n2)CC1Cl. The first kappa shape index (κ1) is 22.9. The maximum Gasteiger partial charge on any atom is 0.226 e. The molecule has 1 aliphatic carbocycles. The Kier molecular flexibility index (Phi) is 6.51. The van der Waals surface area contributed by atoms with Gasteiger partial charge in [0.15, 0.2) is 5.65 Å². The third-order valence-electron chi connectivity index (χ3n) is 7.64. The topological polar surface area (TPSA) is 89.0 Å². The lowest BCUT2D eigenvalue weighted by molar-refractivity contribution is -0.141. The zero-order chi connectivity index (χ0) is 23.1. The summed E-state index contributed by atoms with van der Waals surface area (Å²) in [4.78, 5) is 22.8. The number of alkyl halides is 1. The predicted molar refractivity (Wildman–Crippen MR) is 129 cm³/mol. The summed E-state index contributed by atoms with van der Waals surface area (Å²) in [7, 11) is 1.70. The zero-order valence-corrected chi connectivity index (χ0v) is 20.4. The van der Waals surface area contributed by atoms with Crippen molar-refractivity contribution in [2.45, 2.75) is 75.4 Å². The minimum Gasteiger partial charge on any atom is -0.380 e. The fourth-order valence-corrected chi connectivity index (χ4v) is 6.24. The van der Waals surface area contributed by atoms with E-state index < -0.39 is 0 Å². The second kappa shape index (κ2) is 9.39. The Hall–Kier alpha value is -1.90. The van der Waals surface area contributed by atoms with E-state index >= 15 is 0 Å². The van der Waals surface area contributed by atoms with E-state index in [0.29, 0.717) is 6.42 Å². The van der Waals surface area contributed by atoms with Crippen LogP contribution in [0.2, 0.25) is 0 Å². The molecule has 9 heteroatoms. The zero-order valence-electron chi connectivity index (χ0n) is 19.6. The van der Waals surface area contributed by atoms with Gasteiger partial charge in [0.25, 0.3) is 0 Å². The van der Waals surface area contributed by atoms with E-state index in [1.165, 1.54) is 0 Å². The highest BCUT2D eigenvalue weighted by molar-refractivity contribution is 6.21. The third-order valence-corrected chi connectivity index (χ3v) is 8.10. The van der Waals surface area contributed by atoms with Gasteiger partial charge in [0.1, 0.15) is 5.82 Å². The second-order valence-electron chi connectivity index (χ2n) is 9.96. The summed E-state index contributed by atoms with van der Waals surface area (Å²) in [6.45, 7) is 4.62. The van der Waals surface area contributed by atoms with Crippen LogP contribution in [-0.4, -0.2) is 69.7 Å². The standard InChI is InChI=1S/C24H35ClN6O2/c1-15-13-31-22(27-23(15)29-10-8-17(26)14-29)12-19(28-31)20-5-3-4-9-30(20)24(32)16-6-7-21(33-2)18(25)11-16/h12-13,16-18,20-21H,3-11,14,26H2,1-2H3/t16?,17-,18?,20-,21?/m0/s1. The van der Waals surface area contributed by atoms with Gasteiger partial charge in [-0.25, -0.2) is 9.50 Å². The average Bonchev–Trinajstić information content (AvgIpc) is 3.43. The number of anilines is 1. The lowest BCUT2D eigenvalue weighted by Gasteiger charge is -2.39. The van der Waals surface area contributed by atoms with Crippen LogP contribution in [0.25, 0.3) is 5.65 Å². The van der Waals surface area contributed by atoms with Gasteiger partial charge in [-0.1, -0.05) is 0 Å². The number of likely N-dealkylation sites (tertiary alicyclic amines) is 1. The van der Waals surface area contributed by atoms with Crippen molar-refractivity contribution in [2.24, 2.45) is 11.7 Å².